The van der Waals surface area contributed by atoms with Gasteiger partial charge in [-0.05, 0) is 41.0 Å². The van der Waals surface area contributed by atoms with Crippen molar-refractivity contribution in [1.29, 1.82) is 0 Å². The van der Waals surface area contributed by atoms with Crippen molar-refractivity contribution in [2.75, 3.05) is 13.7 Å². The molecular weight excluding hydrogens is 390 g/mol. The van der Waals surface area contributed by atoms with Crippen molar-refractivity contribution in [2.45, 2.75) is 19.0 Å². The van der Waals surface area contributed by atoms with Gasteiger partial charge >= 0.3 is 0 Å². The molecule has 1 aromatic heterocycles. The molecular formula is C25H25N3O3. The number of amides is 2. The van der Waals surface area contributed by atoms with Crippen LogP contribution in [-0.4, -0.2) is 35.4 Å². The van der Waals surface area contributed by atoms with E-state index in [2.05, 4.69) is 10.3 Å². The molecule has 0 aliphatic carbocycles. The van der Waals surface area contributed by atoms with Gasteiger partial charge in [-0.25, -0.2) is 0 Å². The molecule has 1 aliphatic heterocycles. The van der Waals surface area contributed by atoms with Crippen LogP contribution in [0.4, 0.5) is 0 Å². The van der Waals surface area contributed by atoms with Crippen LogP contribution in [0, 0.1) is 5.92 Å². The van der Waals surface area contributed by atoms with Crippen LogP contribution in [0.3, 0.4) is 0 Å². The van der Waals surface area contributed by atoms with Gasteiger partial charge in [-0.3, -0.25) is 14.6 Å². The molecule has 2 amide bonds. The van der Waals surface area contributed by atoms with Crippen molar-refractivity contribution in [3.63, 3.8) is 0 Å². The number of aromatic nitrogens is 1. The Morgan fingerprint density at radius 1 is 1.10 bits per heavy atom. The maximum atomic E-state index is 13.2. The molecule has 0 spiro atoms. The first-order valence-corrected chi connectivity index (χ1v) is 10.3. The minimum atomic E-state index is -0.383. The Labute approximate surface area is 181 Å². The van der Waals surface area contributed by atoms with E-state index in [0.29, 0.717) is 13.1 Å². The minimum Gasteiger partial charge on any atom is -0.497 e. The summed E-state index contributed by atoms with van der Waals surface area (Å²) in [6, 6.07) is 20.9. The van der Waals surface area contributed by atoms with E-state index >= 15 is 0 Å². The molecule has 1 aliphatic rings. The quantitative estimate of drug-likeness (QED) is 0.642. The molecule has 0 saturated carbocycles. The molecule has 31 heavy (non-hydrogen) atoms. The Bertz CT molecular complexity index is 1040. The van der Waals surface area contributed by atoms with Gasteiger partial charge in [-0.1, -0.05) is 42.5 Å². The summed E-state index contributed by atoms with van der Waals surface area (Å²) >= 11 is 0. The first kappa shape index (κ1) is 20.6. The van der Waals surface area contributed by atoms with Crippen LogP contribution < -0.4 is 10.1 Å². The molecule has 6 nitrogen and oxygen atoms in total. The zero-order chi connectivity index (χ0) is 21.6. The van der Waals surface area contributed by atoms with Crippen molar-refractivity contribution in [2.24, 2.45) is 5.92 Å². The SMILES string of the molecule is COc1cccc([C@@H](NC(=O)[C@@H]2CC(=O)N(Cc3ccncc3)C2)c2ccccc2)c1. The molecule has 4 rings (SSSR count). The highest BCUT2D eigenvalue weighted by Gasteiger charge is 2.35. The van der Waals surface area contributed by atoms with Crippen LogP contribution in [0.25, 0.3) is 0 Å². The zero-order valence-corrected chi connectivity index (χ0v) is 17.4. The van der Waals surface area contributed by atoms with E-state index in [9.17, 15) is 9.59 Å². The monoisotopic (exact) mass is 415 g/mol. The summed E-state index contributed by atoms with van der Waals surface area (Å²) in [4.78, 5) is 31.4. The van der Waals surface area contributed by atoms with E-state index in [1.54, 1.807) is 24.4 Å². The third-order valence-corrected chi connectivity index (χ3v) is 5.55. The third kappa shape index (κ3) is 4.91. The van der Waals surface area contributed by atoms with Gasteiger partial charge in [0.25, 0.3) is 0 Å². The van der Waals surface area contributed by atoms with Gasteiger partial charge < -0.3 is 15.0 Å². The Kier molecular flexibility index (Phi) is 6.26. The molecule has 1 fully saturated rings. The zero-order valence-electron chi connectivity index (χ0n) is 17.4. The molecule has 2 heterocycles. The van der Waals surface area contributed by atoms with E-state index in [4.69, 9.17) is 4.74 Å². The van der Waals surface area contributed by atoms with Crippen LogP contribution in [0.2, 0.25) is 0 Å². The Balaban J connectivity index is 1.50. The number of nitrogens with zero attached hydrogens (tertiary/aromatic N) is 2. The summed E-state index contributed by atoms with van der Waals surface area (Å²) in [5.74, 6) is 0.218. The second kappa shape index (κ2) is 9.43. The Hall–Kier alpha value is -3.67. The van der Waals surface area contributed by atoms with E-state index in [1.165, 1.54) is 0 Å². The van der Waals surface area contributed by atoms with Crippen molar-refractivity contribution >= 4 is 11.8 Å². The van der Waals surface area contributed by atoms with Gasteiger partial charge in [0.15, 0.2) is 0 Å². The van der Waals surface area contributed by atoms with Gasteiger partial charge in [0.2, 0.25) is 11.8 Å². The fourth-order valence-corrected chi connectivity index (χ4v) is 3.89. The van der Waals surface area contributed by atoms with E-state index < -0.39 is 0 Å². The standard InChI is InChI=1S/C25H25N3O3/c1-31-22-9-5-8-20(14-22)24(19-6-3-2-4-7-19)27-25(30)21-15-23(29)28(17-21)16-18-10-12-26-13-11-18/h2-14,21,24H,15-17H2,1H3,(H,27,30)/t21-,24+/m1/s1. The van der Waals surface area contributed by atoms with Crippen LogP contribution in [-0.2, 0) is 16.1 Å². The lowest BCUT2D eigenvalue weighted by Crippen LogP contribution is -2.36. The number of hydrogen-bond acceptors (Lipinski definition) is 4. The molecule has 0 bridgehead atoms. The maximum absolute atomic E-state index is 13.2. The van der Waals surface area contributed by atoms with Gasteiger partial charge in [0, 0.05) is 31.9 Å². The molecule has 1 N–H and O–H groups in total. The second-order valence-corrected chi connectivity index (χ2v) is 7.66. The number of hydrogen-bond donors (Lipinski definition) is 1. The molecule has 158 valence electrons. The van der Waals surface area contributed by atoms with Gasteiger partial charge in [0.05, 0.1) is 19.1 Å². The average molecular weight is 415 g/mol. The molecule has 0 unspecified atom stereocenters. The third-order valence-electron chi connectivity index (χ3n) is 5.55. The smallest absolute Gasteiger partial charge is 0.226 e. The number of carbonyl (C=O) groups is 2. The molecule has 2 atom stereocenters. The largest absolute Gasteiger partial charge is 0.497 e. The lowest BCUT2D eigenvalue weighted by atomic mass is 9.97. The highest BCUT2D eigenvalue weighted by molar-refractivity contribution is 5.89. The van der Waals surface area contributed by atoms with Crippen LogP contribution in [0.5, 0.6) is 5.75 Å². The van der Waals surface area contributed by atoms with Crippen LogP contribution in [0.1, 0.15) is 29.2 Å². The Morgan fingerprint density at radius 2 is 1.84 bits per heavy atom. The second-order valence-electron chi connectivity index (χ2n) is 7.66. The lowest BCUT2D eigenvalue weighted by molar-refractivity contribution is -0.129. The van der Waals surface area contributed by atoms with E-state index in [1.807, 2.05) is 66.7 Å². The number of ether oxygens (including phenoxy) is 1. The first-order valence-electron chi connectivity index (χ1n) is 10.3. The van der Waals surface area contributed by atoms with Gasteiger partial charge in [0.1, 0.15) is 5.75 Å². The number of rotatable bonds is 7. The van der Waals surface area contributed by atoms with E-state index in [-0.39, 0.29) is 30.2 Å². The fraction of sp³-hybridized carbons (Fsp3) is 0.240. The van der Waals surface area contributed by atoms with Crippen molar-refractivity contribution in [3.05, 3.63) is 95.8 Å². The number of carbonyl (C=O) groups excluding carboxylic acids is 2. The number of nitrogens with one attached hydrogen (secondary N) is 1. The summed E-state index contributed by atoms with van der Waals surface area (Å²) in [7, 11) is 1.62. The highest BCUT2D eigenvalue weighted by Crippen LogP contribution is 2.27. The summed E-state index contributed by atoms with van der Waals surface area (Å²) < 4.78 is 5.36. The lowest BCUT2D eigenvalue weighted by Gasteiger charge is -2.22. The van der Waals surface area contributed by atoms with Crippen LogP contribution in [0.15, 0.2) is 79.1 Å². The van der Waals surface area contributed by atoms with Crippen LogP contribution >= 0.6 is 0 Å². The number of likely N-dealkylation sites (tertiary alicyclic amines) is 1. The van der Waals surface area contributed by atoms with Crippen molar-refractivity contribution in [1.82, 2.24) is 15.2 Å². The molecule has 6 heteroatoms. The number of benzene rings is 2. The normalized spacial score (nSPS) is 16.7. The highest BCUT2D eigenvalue weighted by atomic mass is 16.5. The fourth-order valence-electron chi connectivity index (χ4n) is 3.89. The van der Waals surface area contributed by atoms with Crippen molar-refractivity contribution in [3.8, 4) is 5.75 Å². The Morgan fingerprint density at radius 3 is 2.58 bits per heavy atom. The summed E-state index contributed by atoms with van der Waals surface area (Å²) in [5.41, 5.74) is 2.90. The van der Waals surface area contributed by atoms with Gasteiger partial charge in [-0.15, -0.1) is 0 Å². The summed E-state index contributed by atoms with van der Waals surface area (Å²) in [6.45, 7) is 0.899. The topological polar surface area (TPSA) is 71.5 Å². The first-order chi connectivity index (χ1) is 15.1. The predicted molar refractivity (Wildman–Crippen MR) is 117 cm³/mol. The number of pyridine rings is 1. The van der Waals surface area contributed by atoms with Gasteiger partial charge in [-0.2, -0.15) is 0 Å². The predicted octanol–water partition coefficient (Wildman–Crippen LogP) is 3.34. The van der Waals surface area contributed by atoms with Crippen molar-refractivity contribution < 1.29 is 14.3 Å². The average Bonchev–Trinajstić information content (AvgIpc) is 3.19. The molecule has 0 radical (unpaired) electrons. The minimum absolute atomic E-state index is 0.00500. The summed E-state index contributed by atoms with van der Waals surface area (Å²) in [6.07, 6.45) is 3.63. The maximum Gasteiger partial charge on any atom is 0.226 e. The molecule has 1 saturated heterocycles. The van der Waals surface area contributed by atoms with E-state index in [0.717, 1.165) is 22.4 Å². The number of methoxy groups -OCH3 is 1. The molecule has 2 aromatic carbocycles. The molecule has 3 aromatic rings. The summed E-state index contributed by atoms with van der Waals surface area (Å²) in [5, 5.41) is 3.16.